The molecule has 3 nitrogen and oxygen atoms in total. The van der Waals surface area contributed by atoms with Crippen LogP contribution in [0.2, 0.25) is 0 Å². The molecule has 21 heavy (non-hydrogen) atoms. The maximum atomic E-state index is 13.6. The number of carboxylic acids is 1. The second-order valence-electron chi connectivity index (χ2n) is 5.55. The van der Waals surface area contributed by atoms with Crippen molar-refractivity contribution in [1.82, 2.24) is 0 Å². The number of aliphatic carboxylic acids is 1. The van der Waals surface area contributed by atoms with Gasteiger partial charge in [-0.15, -0.1) is 0 Å². The number of carbonyl (C=O) groups is 1. The van der Waals surface area contributed by atoms with Gasteiger partial charge in [-0.25, -0.2) is 9.18 Å². The van der Waals surface area contributed by atoms with Crippen LogP contribution in [0.15, 0.2) is 30.4 Å². The van der Waals surface area contributed by atoms with E-state index in [0.29, 0.717) is 11.8 Å². The van der Waals surface area contributed by atoms with Crippen molar-refractivity contribution in [3.05, 3.63) is 47.3 Å². The first-order valence-electron chi connectivity index (χ1n) is 7.19. The zero-order chi connectivity index (χ0) is 15.2. The molecule has 1 aromatic rings. The molecule has 4 heteroatoms. The lowest BCUT2D eigenvalue weighted by molar-refractivity contribution is -0.131. The van der Waals surface area contributed by atoms with Gasteiger partial charge in [-0.2, -0.15) is 5.26 Å². The van der Waals surface area contributed by atoms with Gasteiger partial charge >= 0.3 is 5.97 Å². The molecule has 1 aliphatic carbocycles. The normalized spacial score (nSPS) is 22.1. The first kappa shape index (κ1) is 15.2. The minimum absolute atomic E-state index is 0.0891. The van der Waals surface area contributed by atoms with Crippen LogP contribution in [0.5, 0.6) is 0 Å². The summed E-state index contributed by atoms with van der Waals surface area (Å²) < 4.78 is 13.6. The fourth-order valence-electron chi connectivity index (χ4n) is 2.97. The Morgan fingerprint density at radius 3 is 2.67 bits per heavy atom. The van der Waals surface area contributed by atoms with Crippen molar-refractivity contribution in [2.45, 2.75) is 38.0 Å². The Balaban J connectivity index is 1.90. The smallest absolute Gasteiger partial charge is 0.327 e. The summed E-state index contributed by atoms with van der Waals surface area (Å²) in [5.74, 6) is -0.495. The van der Waals surface area contributed by atoms with Crippen LogP contribution in [-0.4, -0.2) is 11.1 Å². The summed E-state index contributed by atoms with van der Waals surface area (Å²) in [7, 11) is 0. The quantitative estimate of drug-likeness (QED) is 0.851. The molecule has 1 fully saturated rings. The lowest BCUT2D eigenvalue weighted by Crippen LogP contribution is -2.13. The van der Waals surface area contributed by atoms with E-state index in [4.69, 9.17) is 10.4 Å². The predicted octanol–water partition coefficient (Wildman–Crippen LogP) is 4.00. The molecule has 0 aliphatic heterocycles. The average molecular weight is 287 g/mol. The molecule has 0 spiro atoms. The van der Waals surface area contributed by atoms with E-state index >= 15 is 0 Å². The Labute approximate surface area is 123 Å². The fraction of sp³-hybridized carbons (Fsp3) is 0.412. The lowest BCUT2D eigenvalue weighted by Gasteiger charge is -2.28. The highest BCUT2D eigenvalue weighted by Crippen LogP contribution is 2.37. The van der Waals surface area contributed by atoms with Crippen LogP contribution < -0.4 is 0 Å². The van der Waals surface area contributed by atoms with Crippen LogP contribution >= 0.6 is 0 Å². The molecule has 0 amide bonds. The van der Waals surface area contributed by atoms with Gasteiger partial charge in [0.25, 0.3) is 0 Å². The summed E-state index contributed by atoms with van der Waals surface area (Å²) in [5, 5.41) is 17.3. The number of hydrogen-bond acceptors (Lipinski definition) is 2. The van der Waals surface area contributed by atoms with E-state index in [1.165, 1.54) is 12.1 Å². The summed E-state index contributed by atoms with van der Waals surface area (Å²) in [4.78, 5) is 10.4. The minimum Gasteiger partial charge on any atom is -0.478 e. The third-order valence-corrected chi connectivity index (χ3v) is 4.16. The molecule has 1 saturated carbocycles. The van der Waals surface area contributed by atoms with Gasteiger partial charge < -0.3 is 5.11 Å². The minimum atomic E-state index is -0.906. The highest BCUT2D eigenvalue weighted by Gasteiger charge is 2.22. The summed E-state index contributed by atoms with van der Waals surface area (Å²) in [6.07, 6.45) is 7.72. The standard InChI is InChI=1S/C17H18FNO2/c18-16-10-14(8-9-15(16)11-19)13-6-4-12(5-7-13)2-1-3-17(20)21/h1,3,8-10,12-13H,2,4-7H2,(H,20,21)/b3-1+/t12-,13-. The monoisotopic (exact) mass is 287 g/mol. The van der Waals surface area contributed by atoms with Crippen molar-refractivity contribution in [2.75, 3.05) is 0 Å². The molecule has 1 aromatic carbocycles. The summed E-state index contributed by atoms with van der Waals surface area (Å²) in [6.45, 7) is 0. The van der Waals surface area contributed by atoms with E-state index in [2.05, 4.69) is 0 Å². The number of allylic oxidation sites excluding steroid dienone is 1. The summed E-state index contributed by atoms with van der Waals surface area (Å²) in [5.41, 5.74) is 1.05. The molecule has 0 saturated heterocycles. The van der Waals surface area contributed by atoms with Gasteiger partial charge in [-0.1, -0.05) is 12.1 Å². The van der Waals surface area contributed by atoms with E-state index < -0.39 is 11.8 Å². The van der Waals surface area contributed by atoms with E-state index in [0.717, 1.165) is 37.7 Å². The summed E-state index contributed by atoms with van der Waals surface area (Å²) in [6, 6.07) is 6.71. The van der Waals surface area contributed by atoms with Crippen molar-refractivity contribution in [1.29, 1.82) is 5.26 Å². The predicted molar refractivity (Wildman–Crippen MR) is 77.2 cm³/mol. The van der Waals surface area contributed by atoms with Crippen molar-refractivity contribution in [3.8, 4) is 6.07 Å². The SMILES string of the molecule is N#Cc1ccc([C@H]2CC[C@H](C/C=C/C(=O)O)CC2)cc1F. The highest BCUT2D eigenvalue weighted by atomic mass is 19.1. The van der Waals surface area contributed by atoms with Crippen molar-refractivity contribution in [3.63, 3.8) is 0 Å². The van der Waals surface area contributed by atoms with Crippen LogP contribution in [0.1, 0.15) is 49.1 Å². The molecular formula is C17H18FNO2. The first-order chi connectivity index (χ1) is 10.1. The third-order valence-electron chi connectivity index (χ3n) is 4.16. The van der Waals surface area contributed by atoms with Gasteiger partial charge in [-0.05, 0) is 61.6 Å². The maximum absolute atomic E-state index is 13.6. The Morgan fingerprint density at radius 2 is 2.10 bits per heavy atom. The Morgan fingerprint density at radius 1 is 1.38 bits per heavy atom. The van der Waals surface area contributed by atoms with Crippen LogP contribution in [0, 0.1) is 23.1 Å². The van der Waals surface area contributed by atoms with Crippen LogP contribution in [-0.2, 0) is 4.79 Å². The van der Waals surface area contributed by atoms with Crippen molar-refractivity contribution < 1.29 is 14.3 Å². The number of rotatable bonds is 4. The Bertz CT molecular complexity index is 581. The maximum Gasteiger partial charge on any atom is 0.327 e. The van der Waals surface area contributed by atoms with Crippen LogP contribution in [0.4, 0.5) is 4.39 Å². The molecule has 1 aliphatic rings. The van der Waals surface area contributed by atoms with Gasteiger partial charge in [0.05, 0.1) is 5.56 Å². The zero-order valence-corrected chi connectivity index (χ0v) is 11.8. The Kier molecular flexibility index (Phi) is 5.10. The van der Waals surface area contributed by atoms with E-state index in [9.17, 15) is 9.18 Å². The van der Waals surface area contributed by atoms with E-state index in [1.54, 1.807) is 12.1 Å². The third kappa shape index (κ3) is 4.16. The number of nitriles is 1. The molecule has 0 aromatic heterocycles. The van der Waals surface area contributed by atoms with Crippen molar-refractivity contribution in [2.24, 2.45) is 5.92 Å². The van der Waals surface area contributed by atoms with Crippen LogP contribution in [0.3, 0.4) is 0 Å². The molecule has 0 radical (unpaired) electrons. The molecule has 2 rings (SSSR count). The molecule has 0 unspecified atom stereocenters. The topological polar surface area (TPSA) is 61.1 Å². The lowest BCUT2D eigenvalue weighted by atomic mass is 9.77. The van der Waals surface area contributed by atoms with Gasteiger partial charge in [0.15, 0.2) is 0 Å². The second-order valence-corrected chi connectivity index (χ2v) is 5.55. The molecule has 0 bridgehead atoms. The number of carboxylic acid groups (broad SMARTS) is 1. The fourth-order valence-corrected chi connectivity index (χ4v) is 2.97. The molecular weight excluding hydrogens is 269 g/mol. The van der Waals surface area contributed by atoms with Gasteiger partial charge in [0.2, 0.25) is 0 Å². The number of nitrogens with zero attached hydrogens (tertiary/aromatic N) is 1. The average Bonchev–Trinajstić information content (AvgIpc) is 2.47. The number of hydrogen-bond donors (Lipinski definition) is 1. The Hall–Kier alpha value is -2.15. The van der Waals surface area contributed by atoms with E-state index in [-0.39, 0.29) is 5.56 Å². The summed E-state index contributed by atoms with van der Waals surface area (Å²) >= 11 is 0. The van der Waals surface area contributed by atoms with Gasteiger partial charge in [-0.3, -0.25) is 0 Å². The number of halogens is 1. The number of benzene rings is 1. The van der Waals surface area contributed by atoms with Gasteiger partial charge in [0, 0.05) is 6.08 Å². The molecule has 0 atom stereocenters. The molecule has 1 N–H and O–H groups in total. The first-order valence-corrected chi connectivity index (χ1v) is 7.19. The van der Waals surface area contributed by atoms with Crippen LogP contribution in [0.25, 0.3) is 0 Å². The highest BCUT2D eigenvalue weighted by molar-refractivity contribution is 5.79. The van der Waals surface area contributed by atoms with E-state index in [1.807, 2.05) is 12.1 Å². The van der Waals surface area contributed by atoms with Crippen molar-refractivity contribution >= 4 is 5.97 Å². The van der Waals surface area contributed by atoms with Gasteiger partial charge in [0.1, 0.15) is 11.9 Å². The molecule has 0 heterocycles. The zero-order valence-electron chi connectivity index (χ0n) is 11.8. The second kappa shape index (κ2) is 7.03. The molecule has 110 valence electrons. The largest absolute Gasteiger partial charge is 0.478 e.